The monoisotopic (exact) mass is 305 g/mol. The Labute approximate surface area is 132 Å². The summed E-state index contributed by atoms with van der Waals surface area (Å²) in [5.74, 6) is 0.965. The van der Waals surface area contributed by atoms with E-state index in [4.69, 9.17) is 0 Å². The molecule has 0 amide bonds. The van der Waals surface area contributed by atoms with Crippen LogP contribution in [0, 0.1) is 13.8 Å². The Morgan fingerprint density at radius 1 is 0.955 bits per heavy atom. The van der Waals surface area contributed by atoms with Crippen molar-refractivity contribution < 1.29 is 0 Å². The molecule has 0 aliphatic carbocycles. The number of para-hydroxylation sites is 1. The van der Waals surface area contributed by atoms with Gasteiger partial charge in [0.25, 0.3) is 0 Å². The van der Waals surface area contributed by atoms with Crippen LogP contribution in [0.1, 0.15) is 11.1 Å². The summed E-state index contributed by atoms with van der Waals surface area (Å²) in [6.45, 7) is 4.28. The molecule has 0 fully saturated rings. The molecule has 4 rings (SSSR count). The Balaban J connectivity index is 2.00. The maximum atomic E-state index is 4.62. The molecule has 3 nitrogen and oxygen atoms in total. The summed E-state index contributed by atoms with van der Waals surface area (Å²) in [6.07, 6.45) is 3.89. The first kappa shape index (κ1) is 13.2. The van der Waals surface area contributed by atoms with Crippen molar-refractivity contribution in [3.63, 3.8) is 0 Å². The summed E-state index contributed by atoms with van der Waals surface area (Å²) in [6, 6.07) is 12.6. The molecule has 22 heavy (non-hydrogen) atoms. The zero-order valence-electron chi connectivity index (χ0n) is 12.4. The van der Waals surface area contributed by atoms with Gasteiger partial charge >= 0.3 is 0 Å². The largest absolute Gasteiger partial charge is 0.299 e. The highest BCUT2D eigenvalue weighted by Crippen LogP contribution is 2.32. The number of thiazole rings is 1. The van der Waals surface area contributed by atoms with E-state index in [0.29, 0.717) is 0 Å². The topological polar surface area (TPSA) is 30.7 Å². The standard InChI is InChI=1S/C18H15N3S/c1-12-5-3-6-13(2)16(12)21-10-9-19-18(21)14-7-4-8-15-17(14)22-11-20-15/h3-11H,1-2H3. The van der Waals surface area contributed by atoms with Gasteiger partial charge in [-0.05, 0) is 37.1 Å². The van der Waals surface area contributed by atoms with Crippen LogP contribution < -0.4 is 0 Å². The zero-order valence-corrected chi connectivity index (χ0v) is 13.3. The SMILES string of the molecule is Cc1cccc(C)c1-n1ccnc1-c1cccc2ncsc12. The average Bonchev–Trinajstić information content (AvgIpc) is 3.15. The quantitative estimate of drug-likeness (QED) is 0.534. The fraction of sp³-hybridized carbons (Fsp3) is 0.111. The van der Waals surface area contributed by atoms with Crippen molar-refractivity contribution in [2.24, 2.45) is 0 Å². The fourth-order valence-corrected chi connectivity index (χ4v) is 3.73. The van der Waals surface area contributed by atoms with Gasteiger partial charge in [0.15, 0.2) is 0 Å². The molecular formula is C18H15N3S. The third kappa shape index (κ3) is 1.96. The van der Waals surface area contributed by atoms with Crippen LogP contribution in [0.2, 0.25) is 0 Å². The molecule has 0 aliphatic rings. The lowest BCUT2D eigenvalue weighted by Gasteiger charge is -2.14. The second-order valence-corrected chi connectivity index (χ2v) is 6.22. The van der Waals surface area contributed by atoms with Crippen molar-refractivity contribution in [1.29, 1.82) is 0 Å². The second-order valence-electron chi connectivity index (χ2n) is 5.37. The summed E-state index contributed by atoms with van der Waals surface area (Å²) in [5, 5.41) is 0. The predicted octanol–water partition coefficient (Wildman–Crippen LogP) is 4.77. The lowest BCUT2D eigenvalue weighted by atomic mass is 10.1. The van der Waals surface area contributed by atoms with Crippen LogP contribution in [0.3, 0.4) is 0 Å². The minimum Gasteiger partial charge on any atom is -0.299 e. The minimum atomic E-state index is 0.965. The van der Waals surface area contributed by atoms with E-state index in [1.807, 2.05) is 30.0 Å². The van der Waals surface area contributed by atoms with Gasteiger partial charge < -0.3 is 0 Å². The molecule has 0 N–H and O–H groups in total. The Kier molecular flexibility index (Phi) is 3.05. The third-order valence-electron chi connectivity index (χ3n) is 3.92. The third-order valence-corrected chi connectivity index (χ3v) is 4.79. The van der Waals surface area contributed by atoms with Gasteiger partial charge in [-0.1, -0.05) is 24.3 Å². The summed E-state index contributed by atoms with van der Waals surface area (Å²) in [5.41, 5.74) is 7.75. The Morgan fingerprint density at radius 3 is 2.55 bits per heavy atom. The smallest absolute Gasteiger partial charge is 0.145 e. The maximum Gasteiger partial charge on any atom is 0.145 e. The van der Waals surface area contributed by atoms with Crippen LogP contribution in [0.25, 0.3) is 27.3 Å². The van der Waals surface area contributed by atoms with E-state index in [1.54, 1.807) is 11.3 Å². The molecule has 0 saturated heterocycles. The highest BCUT2D eigenvalue weighted by molar-refractivity contribution is 7.17. The molecule has 0 unspecified atom stereocenters. The van der Waals surface area contributed by atoms with E-state index in [0.717, 1.165) is 16.9 Å². The van der Waals surface area contributed by atoms with Crippen molar-refractivity contribution in [3.8, 4) is 17.1 Å². The predicted molar refractivity (Wildman–Crippen MR) is 91.7 cm³/mol. The van der Waals surface area contributed by atoms with Gasteiger partial charge in [0.1, 0.15) is 5.82 Å². The van der Waals surface area contributed by atoms with Gasteiger partial charge in [-0.2, -0.15) is 0 Å². The number of hydrogen-bond donors (Lipinski definition) is 0. The van der Waals surface area contributed by atoms with E-state index in [2.05, 4.69) is 52.6 Å². The normalized spacial score (nSPS) is 11.2. The molecule has 4 heteroatoms. The van der Waals surface area contributed by atoms with Gasteiger partial charge in [-0.25, -0.2) is 9.97 Å². The summed E-state index contributed by atoms with van der Waals surface area (Å²) >= 11 is 1.66. The molecule has 2 aromatic heterocycles. The lowest BCUT2D eigenvalue weighted by Crippen LogP contribution is -2.01. The van der Waals surface area contributed by atoms with E-state index < -0.39 is 0 Å². The van der Waals surface area contributed by atoms with Crippen molar-refractivity contribution in [3.05, 3.63) is 65.4 Å². The van der Waals surface area contributed by atoms with Crippen LogP contribution in [0.4, 0.5) is 0 Å². The van der Waals surface area contributed by atoms with E-state index in [9.17, 15) is 0 Å². The van der Waals surface area contributed by atoms with Crippen LogP contribution in [0.15, 0.2) is 54.3 Å². The van der Waals surface area contributed by atoms with Crippen LogP contribution in [-0.2, 0) is 0 Å². The van der Waals surface area contributed by atoms with E-state index in [1.165, 1.54) is 21.5 Å². The summed E-state index contributed by atoms with van der Waals surface area (Å²) in [4.78, 5) is 9.02. The van der Waals surface area contributed by atoms with E-state index in [-0.39, 0.29) is 0 Å². The molecule has 0 saturated carbocycles. The molecule has 0 spiro atoms. The first-order chi connectivity index (χ1) is 10.8. The Bertz CT molecular complexity index is 945. The number of rotatable bonds is 2. The van der Waals surface area contributed by atoms with Gasteiger partial charge in [0, 0.05) is 18.0 Å². The molecular weight excluding hydrogens is 290 g/mol. The molecule has 2 aromatic carbocycles. The molecule has 0 atom stereocenters. The van der Waals surface area contributed by atoms with E-state index >= 15 is 0 Å². The highest BCUT2D eigenvalue weighted by Gasteiger charge is 2.14. The second kappa shape index (κ2) is 5.07. The number of hydrogen-bond acceptors (Lipinski definition) is 3. The molecule has 2 heterocycles. The van der Waals surface area contributed by atoms with Gasteiger partial charge in [-0.3, -0.25) is 4.57 Å². The molecule has 0 aliphatic heterocycles. The van der Waals surface area contributed by atoms with Gasteiger partial charge in [0.05, 0.1) is 21.4 Å². The van der Waals surface area contributed by atoms with Crippen LogP contribution >= 0.6 is 11.3 Å². The van der Waals surface area contributed by atoms with Crippen molar-refractivity contribution in [2.75, 3.05) is 0 Å². The van der Waals surface area contributed by atoms with Crippen molar-refractivity contribution in [1.82, 2.24) is 14.5 Å². The molecule has 0 bridgehead atoms. The first-order valence-corrected chi connectivity index (χ1v) is 8.06. The number of fused-ring (bicyclic) bond motifs is 1. The first-order valence-electron chi connectivity index (χ1n) is 7.18. The molecule has 108 valence electrons. The van der Waals surface area contributed by atoms with Crippen LogP contribution in [0.5, 0.6) is 0 Å². The Morgan fingerprint density at radius 2 is 1.73 bits per heavy atom. The highest BCUT2D eigenvalue weighted by atomic mass is 32.1. The number of aryl methyl sites for hydroxylation is 2. The lowest BCUT2D eigenvalue weighted by molar-refractivity contribution is 1.03. The van der Waals surface area contributed by atoms with Gasteiger partial charge in [0.2, 0.25) is 0 Å². The molecule has 4 aromatic rings. The van der Waals surface area contributed by atoms with Crippen molar-refractivity contribution >= 4 is 21.6 Å². The Hall–Kier alpha value is -2.46. The number of imidazole rings is 1. The summed E-state index contributed by atoms with van der Waals surface area (Å²) < 4.78 is 3.36. The number of aromatic nitrogens is 3. The van der Waals surface area contributed by atoms with Crippen LogP contribution in [-0.4, -0.2) is 14.5 Å². The zero-order chi connectivity index (χ0) is 15.1. The van der Waals surface area contributed by atoms with Crippen molar-refractivity contribution in [2.45, 2.75) is 13.8 Å². The fourth-order valence-electron chi connectivity index (χ4n) is 2.93. The number of nitrogens with zero attached hydrogens (tertiary/aromatic N) is 3. The summed E-state index contributed by atoms with van der Waals surface area (Å²) in [7, 11) is 0. The van der Waals surface area contributed by atoms with Gasteiger partial charge in [-0.15, -0.1) is 11.3 Å². The number of benzene rings is 2. The minimum absolute atomic E-state index is 0.965. The average molecular weight is 305 g/mol. The maximum absolute atomic E-state index is 4.62. The molecule has 0 radical (unpaired) electrons.